The van der Waals surface area contributed by atoms with Crippen molar-refractivity contribution in [2.75, 3.05) is 13.2 Å². The number of carbonyl (C=O) groups excluding carboxylic acids is 1. The summed E-state index contributed by atoms with van der Waals surface area (Å²) < 4.78 is 7.38. The van der Waals surface area contributed by atoms with Gasteiger partial charge in [0.05, 0.1) is 24.4 Å². The minimum Gasteiger partial charge on any atom is -0.465 e. The van der Waals surface area contributed by atoms with Crippen LogP contribution in [-0.4, -0.2) is 38.7 Å². The van der Waals surface area contributed by atoms with Crippen LogP contribution >= 0.6 is 23.8 Å². The van der Waals surface area contributed by atoms with Crippen LogP contribution in [0.4, 0.5) is 0 Å². The lowest BCUT2D eigenvalue weighted by atomic mass is 9.97. The second-order valence-corrected chi connectivity index (χ2v) is 8.52. The Hall–Kier alpha value is -2.90. The Kier molecular flexibility index (Phi) is 6.48. The van der Waals surface area contributed by atoms with E-state index in [9.17, 15) is 4.79 Å². The lowest BCUT2D eigenvalue weighted by Gasteiger charge is -2.27. The highest BCUT2D eigenvalue weighted by Gasteiger charge is 2.42. The number of benzene rings is 1. The van der Waals surface area contributed by atoms with Crippen LogP contribution in [0, 0.1) is 13.8 Å². The van der Waals surface area contributed by atoms with Crippen LogP contribution in [0.1, 0.15) is 41.7 Å². The van der Waals surface area contributed by atoms with Crippen LogP contribution in [0.15, 0.2) is 54.7 Å². The number of nitrogens with one attached hydrogen (secondary N) is 1. The molecule has 3 heterocycles. The fraction of sp³-hybridized carbons (Fsp3) is 0.292. The monoisotopic (exact) mass is 468 g/mol. The van der Waals surface area contributed by atoms with Crippen LogP contribution in [0.25, 0.3) is 5.69 Å². The Bertz CT molecular complexity index is 1150. The van der Waals surface area contributed by atoms with E-state index < -0.39 is 0 Å². The Morgan fingerprint density at radius 2 is 2.03 bits per heavy atom. The summed E-state index contributed by atoms with van der Waals surface area (Å²) in [5.74, 6) is -0.313. The minimum atomic E-state index is -0.313. The smallest absolute Gasteiger partial charge is 0.325 e. The average molecular weight is 469 g/mol. The van der Waals surface area contributed by atoms with Gasteiger partial charge in [0.15, 0.2) is 5.11 Å². The van der Waals surface area contributed by atoms with Gasteiger partial charge in [0, 0.05) is 28.3 Å². The molecule has 0 bridgehead atoms. The summed E-state index contributed by atoms with van der Waals surface area (Å²) in [7, 11) is 0. The molecule has 1 aliphatic heterocycles. The molecular weight excluding hydrogens is 444 g/mol. The standard InChI is InChI=1S/C24H25ClN4O2S/c1-4-31-21(30)14-28-23(22(27-24(28)32)20-10-5-6-11-26-20)19-12-15(2)29(16(19)3)18-9-7-8-17(25)13-18/h5-13,22-23H,4,14H2,1-3H3,(H,27,32)/t22-,23+/m1/s1. The molecule has 0 radical (unpaired) electrons. The molecule has 2 atom stereocenters. The van der Waals surface area contributed by atoms with Crippen molar-refractivity contribution in [3.8, 4) is 5.69 Å². The normalized spacial score (nSPS) is 18.0. The Morgan fingerprint density at radius 3 is 2.72 bits per heavy atom. The van der Waals surface area contributed by atoms with Gasteiger partial charge < -0.3 is 19.5 Å². The van der Waals surface area contributed by atoms with Crippen molar-refractivity contribution in [3.63, 3.8) is 0 Å². The number of esters is 1. The summed E-state index contributed by atoms with van der Waals surface area (Å²) in [5, 5.41) is 4.56. The number of pyridine rings is 1. The zero-order chi connectivity index (χ0) is 22.8. The molecule has 6 nitrogen and oxygen atoms in total. The van der Waals surface area contributed by atoms with Crippen LogP contribution in [-0.2, 0) is 9.53 Å². The van der Waals surface area contributed by atoms with Crippen molar-refractivity contribution in [3.05, 3.63) is 82.4 Å². The quantitative estimate of drug-likeness (QED) is 0.418. The first-order chi connectivity index (χ1) is 15.4. The van der Waals surface area contributed by atoms with Crippen molar-refractivity contribution < 1.29 is 9.53 Å². The van der Waals surface area contributed by atoms with E-state index in [1.807, 2.05) is 47.4 Å². The predicted octanol–water partition coefficient (Wildman–Crippen LogP) is 4.68. The van der Waals surface area contributed by atoms with Gasteiger partial charge in [-0.15, -0.1) is 0 Å². The highest BCUT2D eigenvalue weighted by atomic mass is 35.5. The maximum absolute atomic E-state index is 12.4. The minimum absolute atomic E-state index is 0.0640. The van der Waals surface area contributed by atoms with Gasteiger partial charge in [-0.05, 0) is 75.0 Å². The van der Waals surface area contributed by atoms with Gasteiger partial charge in [-0.25, -0.2) is 0 Å². The number of thiocarbonyl (C=S) groups is 1. The number of halogens is 1. The van der Waals surface area contributed by atoms with E-state index in [2.05, 4.69) is 34.8 Å². The summed E-state index contributed by atoms with van der Waals surface area (Å²) in [6.07, 6.45) is 1.76. The zero-order valence-corrected chi connectivity index (χ0v) is 19.8. The molecule has 1 N–H and O–H groups in total. The lowest BCUT2D eigenvalue weighted by Crippen LogP contribution is -2.35. The van der Waals surface area contributed by atoms with Crippen LogP contribution < -0.4 is 5.32 Å². The molecular formula is C24H25ClN4O2S. The van der Waals surface area contributed by atoms with E-state index in [0.717, 1.165) is 28.3 Å². The number of nitrogens with zero attached hydrogens (tertiary/aromatic N) is 3. The Labute approximate surface area is 198 Å². The SMILES string of the molecule is CCOC(=O)CN1C(=S)N[C@H](c2ccccn2)[C@@H]1c1cc(C)n(-c2cccc(Cl)c2)c1C. The maximum Gasteiger partial charge on any atom is 0.325 e. The van der Waals surface area contributed by atoms with Gasteiger partial charge in [0.1, 0.15) is 6.54 Å². The molecule has 0 unspecified atom stereocenters. The van der Waals surface area contributed by atoms with Crippen molar-refractivity contribution in [1.29, 1.82) is 0 Å². The molecule has 166 valence electrons. The van der Waals surface area contributed by atoms with Gasteiger partial charge in [-0.3, -0.25) is 9.78 Å². The van der Waals surface area contributed by atoms with Gasteiger partial charge >= 0.3 is 5.97 Å². The van der Waals surface area contributed by atoms with Gasteiger partial charge in [0.25, 0.3) is 0 Å². The first-order valence-electron chi connectivity index (χ1n) is 10.5. The molecule has 1 saturated heterocycles. The highest BCUT2D eigenvalue weighted by Crippen LogP contribution is 2.41. The number of hydrogen-bond acceptors (Lipinski definition) is 4. The highest BCUT2D eigenvalue weighted by molar-refractivity contribution is 7.80. The van der Waals surface area contributed by atoms with Crippen LogP contribution in [0.3, 0.4) is 0 Å². The molecule has 0 aliphatic carbocycles. The Balaban J connectivity index is 1.81. The largest absolute Gasteiger partial charge is 0.465 e. The number of aryl methyl sites for hydroxylation is 1. The van der Waals surface area contributed by atoms with Crippen molar-refractivity contribution in [1.82, 2.24) is 19.8 Å². The van der Waals surface area contributed by atoms with Gasteiger partial charge in [-0.2, -0.15) is 0 Å². The number of aromatic nitrogens is 2. The predicted molar refractivity (Wildman–Crippen MR) is 129 cm³/mol. The third kappa shape index (κ3) is 4.23. The Morgan fingerprint density at radius 1 is 1.22 bits per heavy atom. The number of rotatable bonds is 6. The van der Waals surface area contributed by atoms with Crippen molar-refractivity contribution in [2.45, 2.75) is 32.9 Å². The molecule has 0 spiro atoms. The molecule has 3 aromatic rings. The third-order valence-corrected chi connectivity index (χ3v) is 6.25. The van der Waals surface area contributed by atoms with Crippen LogP contribution in [0.5, 0.6) is 0 Å². The van der Waals surface area contributed by atoms with E-state index >= 15 is 0 Å². The zero-order valence-electron chi connectivity index (χ0n) is 18.2. The first kappa shape index (κ1) is 22.3. The summed E-state index contributed by atoms with van der Waals surface area (Å²) >= 11 is 11.9. The summed E-state index contributed by atoms with van der Waals surface area (Å²) in [4.78, 5) is 18.9. The van der Waals surface area contributed by atoms with Crippen LogP contribution in [0.2, 0.25) is 5.02 Å². The summed E-state index contributed by atoms with van der Waals surface area (Å²) in [6, 6.07) is 15.3. The van der Waals surface area contributed by atoms with Crippen molar-refractivity contribution in [2.24, 2.45) is 0 Å². The molecule has 2 aromatic heterocycles. The van der Waals surface area contributed by atoms with E-state index in [4.69, 9.17) is 28.6 Å². The number of hydrogen-bond donors (Lipinski definition) is 1. The number of carbonyl (C=O) groups is 1. The second-order valence-electron chi connectivity index (χ2n) is 7.70. The van der Waals surface area contributed by atoms with Gasteiger partial charge in [-0.1, -0.05) is 23.7 Å². The number of ether oxygens (including phenoxy) is 1. The van der Waals surface area contributed by atoms with E-state index in [-0.39, 0.29) is 24.6 Å². The summed E-state index contributed by atoms with van der Waals surface area (Å²) in [5.41, 5.74) is 5.02. The summed E-state index contributed by atoms with van der Waals surface area (Å²) in [6.45, 7) is 6.32. The molecule has 1 aliphatic rings. The fourth-order valence-corrected chi connectivity index (χ4v) is 4.85. The fourth-order valence-electron chi connectivity index (χ4n) is 4.36. The molecule has 8 heteroatoms. The third-order valence-electron chi connectivity index (χ3n) is 5.66. The van der Waals surface area contributed by atoms with Crippen molar-refractivity contribution >= 4 is 34.9 Å². The van der Waals surface area contributed by atoms with E-state index in [1.165, 1.54) is 0 Å². The molecule has 1 fully saturated rings. The molecule has 0 saturated carbocycles. The van der Waals surface area contributed by atoms with Gasteiger partial charge in [0.2, 0.25) is 0 Å². The van der Waals surface area contributed by atoms with E-state index in [0.29, 0.717) is 16.7 Å². The first-order valence-corrected chi connectivity index (χ1v) is 11.3. The molecule has 32 heavy (non-hydrogen) atoms. The molecule has 1 aromatic carbocycles. The average Bonchev–Trinajstić information content (AvgIpc) is 3.24. The maximum atomic E-state index is 12.4. The second kappa shape index (κ2) is 9.30. The lowest BCUT2D eigenvalue weighted by molar-refractivity contribution is -0.143. The topological polar surface area (TPSA) is 59.4 Å². The molecule has 0 amide bonds. The molecule has 4 rings (SSSR count). The van der Waals surface area contributed by atoms with E-state index in [1.54, 1.807) is 13.1 Å².